The van der Waals surface area contributed by atoms with Crippen molar-refractivity contribution < 1.29 is 0 Å². The minimum Gasteiger partial charge on any atom is -0.208 e. The van der Waals surface area contributed by atoms with Crippen molar-refractivity contribution in [1.82, 2.24) is 29.9 Å². The summed E-state index contributed by atoms with van der Waals surface area (Å²) in [7, 11) is 0. The zero-order valence-corrected chi connectivity index (χ0v) is 74.8. The molecule has 6 nitrogen and oxygen atoms in total. The van der Waals surface area contributed by atoms with Crippen LogP contribution >= 0.6 is 11.6 Å². The van der Waals surface area contributed by atoms with Crippen molar-refractivity contribution in [3.05, 3.63) is 407 Å². The van der Waals surface area contributed by atoms with Gasteiger partial charge in [0.15, 0.2) is 34.9 Å². The monoisotopic (exact) mass is 1670 g/mol. The minimum absolute atomic E-state index is 0.0563. The number of hydrogen-bond acceptors (Lipinski definition) is 6. The number of benzene rings is 14. The first kappa shape index (κ1) is 85.2. The van der Waals surface area contributed by atoms with E-state index in [0.717, 1.165) is 38.4 Å². The van der Waals surface area contributed by atoms with E-state index in [-0.39, 0.29) is 10.8 Å². The van der Waals surface area contributed by atoms with Gasteiger partial charge in [-0.25, -0.2) is 29.9 Å². The molecule has 0 spiro atoms. The number of hydrogen-bond donors (Lipinski definition) is 0. The first-order chi connectivity index (χ1) is 62.4. The molecule has 0 bridgehead atoms. The van der Waals surface area contributed by atoms with Gasteiger partial charge in [-0.3, -0.25) is 0 Å². The molecule has 2 aromatic heterocycles. The number of nitrogens with zero attached hydrogens (tertiary/aromatic N) is 6. The molecule has 16 aromatic rings. The van der Waals surface area contributed by atoms with Crippen LogP contribution in [0.5, 0.6) is 0 Å². The van der Waals surface area contributed by atoms with Gasteiger partial charge in [0.2, 0.25) is 0 Å². The summed E-state index contributed by atoms with van der Waals surface area (Å²) in [6.45, 7) is 9.38. The lowest BCUT2D eigenvalue weighted by Crippen LogP contribution is -2.14. The molecule has 14 aromatic carbocycles. The lowest BCUT2D eigenvalue weighted by atomic mass is 9.81. The second-order valence-corrected chi connectivity index (χ2v) is 37.1. The van der Waals surface area contributed by atoms with Gasteiger partial charge in [0.1, 0.15) is 0 Å². The fraction of sp³-hybridized carbons (Fsp3) is 0.250. The van der Waals surface area contributed by atoms with Crippen molar-refractivity contribution in [2.75, 3.05) is 0 Å². The summed E-state index contributed by atoms with van der Waals surface area (Å²) in [5.41, 5.74) is 30.2. The molecule has 632 valence electrons. The predicted molar refractivity (Wildman–Crippen MR) is 531 cm³/mol. The van der Waals surface area contributed by atoms with Crippen LogP contribution in [0.3, 0.4) is 0 Å². The molecule has 0 aliphatic heterocycles. The quantitative estimate of drug-likeness (QED) is 0.114. The van der Waals surface area contributed by atoms with Gasteiger partial charge in [-0.2, -0.15) is 0 Å². The fourth-order valence-electron chi connectivity index (χ4n) is 20.5. The zero-order chi connectivity index (χ0) is 86.3. The Kier molecular flexibility index (Phi) is 26.8. The normalized spacial score (nSPS) is 17.3. The molecule has 127 heavy (non-hydrogen) atoms. The molecule has 0 saturated heterocycles. The van der Waals surface area contributed by atoms with Gasteiger partial charge in [-0.05, 0) is 224 Å². The number of rotatable bonds is 13. The first-order valence-corrected chi connectivity index (χ1v) is 47.2. The third kappa shape index (κ3) is 20.0. The van der Waals surface area contributed by atoms with Crippen molar-refractivity contribution in [3.63, 3.8) is 0 Å². The molecule has 4 aliphatic rings. The van der Waals surface area contributed by atoms with E-state index >= 15 is 0 Å². The highest BCUT2D eigenvalue weighted by Gasteiger charge is 2.37. The van der Waals surface area contributed by atoms with Crippen molar-refractivity contribution in [3.8, 4) is 124 Å². The van der Waals surface area contributed by atoms with E-state index in [1.54, 1.807) is 0 Å². The summed E-state index contributed by atoms with van der Waals surface area (Å²) in [5, 5.41) is 0.740. The van der Waals surface area contributed by atoms with E-state index in [1.807, 2.05) is 78.9 Å². The van der Waals surface area contributed by atoms with E-state index in [9.17, 15) is 0 Å². The van der Waals surface area contributed by atoms with Gasteiger partial charge in [-0.15, -0.1) is 0 Å². The lowest BCUT2D eigenvalue weighted by molar-refractivity contribution is 0.441. The summed E-state index contributed by atoms with van der Waals surface area (Å²) in [5.74, 6) is 6.26. The Labute approximate surface area is 758 Å². The van der Waals surface area contributed by atoms with Crippen LogP contribution in [0.25, 0.3) is 124 Å². The van der Waals surface area contributed by atoms with Crippen molar-refractivity contribution >= 4 is 11.6 Å². The Morgan fingerprint density at radius 3 is 0.843 bits per heavy atom. The molecule has 0 N–H and O–H groups in total. The van der Waals surface area contributed by atoms with Crippen molar-refractivity contribution in [2.45, 2.75) is 191 Å². The van der Waals surface area contributed by atoms with E-state index in [1.165, 1.54) is 229 Å². The van der Waals surface area contributed by atoms with Gasteiger partial charge in [0.25, 0.3) is 0 Å². The van der Waals surface area contributed by atoms with Gasteiger partial charge in [-0.1, -0.05) is 426 Å². The first-order valence-electron chi connectivity index (χ1n) is 46.8. The smallest absolute Gasteiger partial charge is 0.164 e. The number of halogens is 1. The van der Waals surface area contributed by atoms with Crippen molar-refractivity contribution in [2.24, 2.45) is 0 Å². The lowest BCUT2D eigenvalue weighted by Gasteiger charge is -2.23. The Hall–Kier alpha value is -12.6. The van der Waals surface area contributed by atoms with Crippen LogP contribution in [0.1, 0.15) is 224 Å². The van der Waals surface area contributed by atoms with Crippen LogP contribution in [-0.2, 0) is 10.8 Å². The van der Waals surface area contributed by atoms with Gasteiger partial charge in [0, 0.05) is 49.2 Å². The Bertz CT molecular complexity index is 6260. The maximum Gasteiger partial charge on any atom is 0.164 e. The molecule has 0 radical (unpaired) electrons. The largest absolute Gasteiger partial charge is 0.208 e. The molecule has 2 heterocycles. The summed E-state index contributed by atoms with van der Waals surface area (Å²) in [6, 6.07) is 129. The molecular formula is C120H115ClN6. The topological polar surface area (TPSA) is 77.3 Å². The standard InChI is InChI=1S/C60H57N3.C39H40ClN3.C21H18/c1-60(2)55-34-18-17-33-53(55)54-36-35-49(41-56(54)60)47-31-20-32-48(37-47)51-38-50(44-24-10-5-3-4-9-21-43(29-19-30-44)42-22-11-6-12-23-42)39-52(40-51)59-62-57(45-25-13-7-14-26-45)61-58(63-59)46-27-15-8-16-28-46;40-36-27-34(31-19-8-3-1-2-7-16-30(24-15-25-31)29-17-9-4-10-18-29)26-35(28-36)39-42-37(32-20-11-5-12-21-32)41-38(43-39)33-22-13-6-14-23-33;1-21(2)19-11-7-6-10-17(19)18-13-12-16(14-20(18)21)15-8-4-3-5-9-15/h6-8,11-18,20,22-23,25-28,31-41,43-44H,3-5,9-10,19,21,24,29-30H2,1-2H3;4-6,9-14,17-18,20-23,26-28,30-31H,1-3,7-8,15-16,19,24-25H2;3-14H,1-2H3. The van der Waals surface area contributed by atoms with Gasteiger partial charge in [0.05, 0.1) is 0 Å². The van der Waals surface area contributed by atoms with Crippen LogP contribution in [0.2, 0.25) is 5.02 Å². The molecular weight excluding hydrogens is 1560 g/mol. The predicted octanol–water partition coefficient (Wildman–Crippen LogP) is 33.3. The SMILES string of the molecule is CC1(C)c2ccccc2-c2ccc(-c3cccc(-c4cc(-c5nc(-c6ccccc6)nc(-c6ccccc6)n5)cc(C5CCCCCCCC(c6ccccc6)CCC5)c4)c3)cc21.CC1(C)c2ccccc2-c2ccc(-c3ccccc3)cc21.Clc1cc(-c2nc(-c3ccccc3)nc(-c3ccccc3)n2)cc(C2CCCCCCCC(c3ccccc3)CCC2)c1. The summed E-state index contributed by atoms with van der Waals surface area (Å²) < 4.78 is 0. The van der Waals surface area contributed by atoms with Crippen LogP contribution in [0, 0.1) is 0 Å². The van der Waals surface area contributed by atoms with Crippen LogP contribution in [0.15, 0.2) is 358 Å². The average molecular weight is 1680 g/mol. The molecule has 4 atom stereocenters. The van der Waals surface area contributed by atoms with Crippen LogP contribution < -0.4 is 0 Å². The Morgan fingerprint density at radius 2 is 0.449 bits per heavy atom. The second-order valence-electron chi connectivity index (χ2n) is 36.7. The van der Waals surface area contributed by atoms with E-state index in [0.29, 0.717) is 58.6 Å². The summed E-state index contributed by atoms with van der Waals surface area (Å²) in [6.07, 6.45) is 25.3. The Morgan fingerprint density at radius 1 is 0.189 bits per heavy atom. The zero-order valence-electron chi connectivity index (χ0n) is 74.1. The number of fused-ring (bicyclic) bond motifs is 6. The Balaban J connectivity index is 0.000000146. The second kappa shape index (κ2) is 39.9. The third-order valence-corrected chi connectivity index (χ3v) is 27.7. The highest BCUT2D eigenvalue weighted by Crippen LogP contribution is 2.52. The minimum atomic E-state index is -0.0563. The molecule has 7 heteroatoms. The highest BCUT2D eigenvalue weighted by molar-refractivity contribution is 6.31. The summed E-state index contributed by atoms with van der Waals surface area (Å²) in [4.78, 5) is 30.4. The third-order valence-electron chi connectivity index (χ3n) is 27.5. The molecule has 2 fully saturated rings. The van der Waals surface area contributed by atoms with Crippen LogP contribution in [0.4, 0.5) is 0 Å². The van der Waals surface area contributed by atoms with Crippen LogP contribution in [-0.4, -0.2) is 29.9 Å². The molecule has 4 unspecified atom stereocenters. The maximum absolute atomic E-state index is 6.84. The van der Waals surface area contributed by atoms with E-state index in [4.69, 9.17) is 41.5 Å². The molecule has 2 saturated carbocycles. The maximum atomic E-state index is 6.84. The molecule has 0 amide bonds. The fourth-order valence-corrected chi connectivity index (χ4v) is 20.8. The highest BCUT2D eigenvalue weighted by atomic mass is 35.5. The van der Waals surface area contributed by atoms with E-state index in [2.05, 4.69) is 307 Å². The van der Waals surface area contributed by atoms with Crippen molar-refractivity contribution in [1.29, 1.82) is 0 Å². The molecule has 4 aliphatic carbocycles. The number of aromatic nitrogens is 6. The van der Waals surface area contributed by atoms with Gasteiger partial charge < -0.3 is 0 Å². The summed E-state index contributed by atoms with van der Waals surface area (Å²) >= 11 is 6.84. The molecule has 20 rings (SSSR count). The van der Waals surface area contributed by atoms with Gasteiger partial charge >= 0.3 is 0 Å². The average Bonchev–Trinajstić information content (AvgIpc) is 1.59. The van der Waals surface area contributed by atoms with E-state index < -0.39 is 0 Å².